The van der Waals surface area contributed by atoms with Crippen LogP contribution < -0.4 is 10.1 Å². The summed E-state index contributed by atoms with van der Waals surface area (Å²) in [5.41, 5.74) is 1.13. The van der Waals surface area contributed by atoms with Crippen LogP contribution in [0, 0.1) is 10.1 Å². The maximum absolute atomic E-state index is 10.8. The molecule has 2 heterocycles. The van der Waals surface area contributed by atoms with Gasteiger partial charge in [-0.15, -0.1) is 0 Å². The minimum atomic E-state index is -0.466. The fraction of sp³-hybridized carbons (Fsp3) is 0.286. The van der Waals surface area contributed by atoms with Gasteiger partial charge in [0.2, 0.25) is 5.88 Å². The Balaban J connectivity index is 1.90. The Morgan fingerprint density at radius 3 is 2.76 bits per heavy atom. The van der Waals surface area contributed by atoms with Crippen molar-refractivity contribution in [1.82, 2.24) is 9.97 Å². The molecule has 0 fully saturated rings. The van der Waals surface area contributed by atoms with E-state index in [2.05, 4.69) is 15.3 Å². The maximum Gasteiger partial charge on any atom is 0.278 e. The van der Waals surface area contributed by atoms with Crippen molar-refractivity contribution in [2.24, 2.45) is 0 Å². The van der Waals surface area contributed by atoms with Gasteiger partial charge in [-0.2, -0.15) is 4.98 Å². The highest BCUT2D eigenvalue weighted by atomic mass is 16.6. The van der Waals surface area contributed by atoms with Crippen molar-refractivity contribution < 1.29 is 9.66 Å². The number of hydrogen-bond donors (Lipinski definition) is 1. The summed E-state index contributed by atoms with van der Waals surface area (Å²) in [6, 6.07) is 6.59. The summed E-state index contributed by atoms with van der Waals surface area (Å²) in [6.07, 6.45) is 5.15. The predicted molar refractivity (Wildman–Crippen MR) is 78.5 cm³/mol. The first kappa shape index (κ1) is 14.7. The van der Waals surface area contributed by atoms with Crippen LogP contribution in [0.15, 0.2) is 36.7 Å². The molecule has 1 N–H and O–H groups in total. The number of rotatable bonds is 7. The quantitative estimate of drug-likeness (QED) is 0.478. The maximum atomic E-state index is 10.8. The number of pyridine rings is 2. The summed E-state index contributed by atoms with van der Waals surface area (Å²) >= 11 is 0. The first-order valence-corrected chi connectivity index (χ1v) is 6.55. The second kappa shape index (κ2) is 7.18. The van der Waals surface area contributed by atoms with Crippen LogP contribution in [0.3, 0.4) is 0 Å². The molecule has 2 aromatic heterocycles. The monoisotopic (exact) mass is 288 g/mol. The molecule has 0 bridgehead atoms. The molecule has 0 saturated carbocycles. The molecule has 0 spiro atoms. The van der Waals surface area contributed by atoms with Gasteiger partial charge in [0, 0.05) is 19.4 Å². The van der Waals surface area contributed by atoms with Crippen LogP contribution in [-0.4, -0.2) is 28.5 Å². The zero-order valence-corrected chi connectivity index (χ0v) is 11.7. The van der Waals surface area contributed by atoms with Gasteiger partial charge in [-0.05, 0) is 30.5 Å². The molecule has 110 valence electrons. The van der Waals surface area contributed by atoms with Gasteiger partial charge in [-0.1, -0.05) is 0 Å². The predicted octanol–water partition coefficient (Wildman–Crippen LogP) is 2.44. The van der Waals surface area contributed by atoms with Crippen molar-refractivity contribution in [3.05, 3.63) is 52.3 Å². The molecule has 0 unspecified atom stereocenters. The summed E-state index contributed by atoms with van der Waals surface area (Å²) in [4.78, 5) is 18.4. The third-order valence-corrected chi connectivity index (χ3v) is 2.86. The number of nitrogens with zero attached hydrogens (tertiary/aromatic N) is 3. The molecule has 0 saturated heterocycles. The van der Waals surface area contributed by atoms with Gasteiger partial charge in [-0.3, -0.25) is 15.1 Å². The Bertz CT molecular complexity index is 604. The normalized spacial score (nSPS) is 10.1. The molecular weight excluding hydrogens is 272 g/mol. The molecule has 7 nitrogen and oxygen atoms in total. The van der Waals surface area contributed by atoms with Crippen LogP contribution in [0.1, 0.15) is 12.0 Å². The fourth-order valence-electron chi connectivity index (χ4n) is 1.80. The Hall–Kier alpha value is -2.70. The lowest BCUT2D eigenvalue weighted by Gasteiger charge is -2.07. The standard InChI is InChI=1S/C14H16N4O3/c1-15-13-9-12(18(19)20)10-14(17-13)21-8-2-3-11-4-6-16-7-5-11/h4-7,9-10H,2-3,8H2,1H3,(H,15,17). The zero-order chi connectivity index (χ0) is 15.1. The van der Waals surface area contributed by atoms with E-state index in [0.29, 0.717) is 12.4 Å². The molecule has 0 aliphatic heterocycles. The largest absolute Gasteiger partial charge is 0.477 e. The molecule has 2 aromatic rings. The van der Waals surface area contributed by atoms with E-state index in [-0.39, 0.29) is 11.6 Å². The van der Waals surface area contributed by atoms with Gasteiger partial charge in [-0.25, -0.2) is 0 Å². The van der Waals surface area contributed by atoms with Gasteiger partial charge in [0.25, 0.3) is 5.69 Å². The average Bonchev–Trinajstić information content (AvgIpc) is 2.52. The highest BCUT2D eigenvalue weighted by molar-refractivity contribution is 5.47. The van der Waals surface area contributed by atoms with Crippen LogP contribution in [0.4, 0.5) is 11.5 Å². The number of aryl methyl sites for hydroxylation is 1. The van der Waals surface area contributed by atoms with Crippen LogP contribution in [0.25, 0.3) is 0 Å². The lowest BCUT2D eigenvalue weighted by Crippen LogP contribution is -2.03. The molecular formula is C14H16N4O3. The molecule has 0 amide bonds. The first-order chi connectivity index (χ1) is 10.2. The Labute approximate surface area is 122 Å². The summed E-state index contributed by atoms with van der Waals surface area (Å²) in [5.74, 6) is 0.664. The van der Waals surface area contributed by atoms with Crippen molar-refractivity contribution in [3.8, 4) is 5.88 Å². The third-order valence-electron chi connectivity index (χ3n) is 2.86. The highest BCUT2D eigenvalue weighted by Crippen LogP contribution is 2.22. The first-order valence-electron chi connectivity index (χ1n) is 6.55. The molecule has 0 aliphatic carbocycles. The van der Waals surface area contributed by atoms with Crippen molar-refractivity contribution in [1.29, 1.82) is 0 Å². The molecule has 2 rings (SSSR count). The Kier molecular flexibility index (Phi) is 5.03. The van der Waals surface area contributed by atoms with E-state index < -0.39 is 4.92 Å². The van der Waals surface area contributed by atoms with Gasteiger partial charge in [0.05, 0.1) is 23.7 Å². The summed E-state index contributed by atoms with van der Waals surface area (Å²) in [7, 11) is 1.65. The second-order valence-corrected chi connectivity index (χ2v) is 4.36. The minimum Gasteiger partial charge on any atom is -0.477 e. The van der Waals surface area contributed by atoms with E-state index in [1.54, 1.807) is 19.4 Å². The molecule has 7 heteroatoms. The molecule has 0 aliphatic rings. The number of hydrogen-bond acceptors (Lipinski definition) is 6. The average molecular weight is 288 g/mol. The van der Waals surface area contributed by atoms with Crippen LogP contribution in [-0.2, 0) is 6.42 Å². The van der Waals surface area contributed by atoms with Crippen LogP contribution in [0.2, 0.25) is 0 Å². The van der Waals surface area contributed by atoms with E-state index in [0.717, 1.165) is 12.8 Å². The van der Waals surface area contributed by atoms with Crippen molar-refractivity contribution in [2.45, 2.75) is 12.8 Å². The number of anilines is 1. The van der Waals surface area contributed by atoms with E-state index in [1.165, 1.54) is 17.7 Å². The number of ether oxygens (including phenoxy) is 1. The Morgan fingerprint density at radius 1 is 1.33 bits per heavy atom. The SMILES string of the molecule is CNc1cc([N+](=O)[O-])cc(OCCCc2ccncc2)n1. The molecule has 0 radical (unpaired) electrons. The lowest BCUT2D eigenvalue weighted by atomic mass is 10.1. The van der Waals surface area contributed by atoms with Crippen molar-refractivity contribution in [3.63, 3.8) is 0 Å². The van der Waals surface area contributed by atoms with E-state index in [4.69, 9.17) is 4.74 Å². The zero-order valence-electron chi connectivity index (χ0n) is 11.7. The number of aromatic nitrogens is 2. The van der Waals surface area contributed by atoms with Crippen molar-refractivity contribution >= 4 is 11.5 Å². The topological polar surface area (TPSA) is 90.2 Å². The lowest BCUT2D eigenvalue weighted by molar-refractivity contribution is -0.384. The highest BCUT2D eigenvalue weighted by Gasteiger charge is 2.11. The number of nitro groups is 1. The van der Waals surface area contributed by atoms with Gasteiger partial charge in [0.1, 0.15) is 5.82 Å². The fourth-order valence-corrected chi connectivity index (χ4v) is 1.80. The van der Waals surface area contributed by atoms with Gasteiger partial charge < -0.3 is 10.1 Å². The molecule has 0 aromatic carbocycles. The Morgan fingerprint density at radius 2 is 2.10 bits per heavy atom. The smallest absolute Gasteiger partial charge is 0.278 e. The van der Waals surface area contributed by atoms with Gasteiger partial charge >= 0.3 is 0 Å². The van der Waals surface area contributed by atoms with Crippen molar-refractivity contribution in [2.75, 3.05) is 19.0 Å². The van der Waals surface area contributed by atoms with E-state index >= 15 is 0 Å². The van der Waals surface area contributed by atoms with Crippen LogP contribution >= 0.6 is 0 Å². The third kappa shape index (κ3) is 4.41. The minimum absolute atomic E-state index is 0.0431. The summed E-state index contributed by atoms with van der Waals surface area (Å²) < 4.78 is 5.49. The van der Waals surface area contributed by atoms with E-state index in [1.807, 2.05) is 12.1 Å². The second-order valence-electron chi connectivity index (χ2n) is 4.36. The molecule has 21 heavy (non-hydrogen) atoms. The number of nitrogens with one attached hydrogen (secondary N) is 1. The molecule has 0 atom stereocenters. The summed E-state index contributed by atoms with van der Waals surface area (Å²) in [6.45, 7) is 0.444. The summed E-state index contributed by atoms with van der Waals surface area (Å²) in [5, 5.41) is 13.6. The van der Waals surface area contributed by atoms with Crippen LogP contribution in [0.5, 0.6) is 5.88 Å². The van der Waals surface area contributed by atoms with E-state index in [9.17, 15) is 10.1 Å². The van der Waals surface area contributed by atoms with Gasteiger partial charge in [0.15, 0.2) is 0 Å².